The molecule has 0 spiro atoms. The Labute approximate surface area is 122 Å². The van der Waals surface area contributed by atoms with Gasteiger partial charge in [0.25, 0.3) is 5.91 Å². The van der Waals surface area contributed by atoms with Gasteiger partial charge in [-0.15, -0.1) is 0 Å². The highest BCUT2D eigenvalue weighted by Gasteiger charge is 2.17. The molecule has 0 aromatic heterocycles. The van der Waals surface area contributed by atoms with Crippen LogP contribution in [0.15, 0.2) is 18.2 Å². The lowest BCUT2D eigenvalue weighted by atomic mass is 10.1. The lowest BCUT2D eigenvalue weighted by Gasteiger charge is -2.32. The summed E-state index contributed by atoms with van der Waals surface area (Å²) in [7, 11) is 1.64. The Morgan fingerprint density at radius 1 is 1.40 bits per heavy atom. The summed E-state index contributed by atoms with van der Waals surface area (Å²) in [5, 5.41) is 2.65. The SMILES string of the molecule is CCCCN(c1cc(C(=O)NC)ccc1N)C(C)CC. The van der Waals surface area contributed by atoms with Crippen molar-refractivity contribution in [2.45, 2.75) is 46.1 Å². The number of nitrogens with two attached hydrogens (primary N) is 1. The molecule has 1 atom stereocenters. The molecule has 1 aromatic carbocycles. The molecule has 0 saturated heterocycles. The number of carbonyl (C=O) groups is 1. The number of amides is 1. The number of hydrogen-bond donors (Lipinski definition) is 2. The van der Waals surface area contributed by atoms with Gasteiger partial charge in [-0.05, 0) is 38.0 Å². The molecule has 0 aliphatic rings. The standard InChI is InChI=1S/C16H27N3O/c1-5-7-10-19(12(3)6-2)15-11-13(16(20)18-4)8-9-14(15)17/h8-9,11-12H,5-7,10,17H2,1-4H3,(H,18,20). The van der Waals surface area contributed by atoms with Gasteiger partial charge in [-0.25, -0.2) is 0 Å². The number of hydrogen-bond acceptors (Lipinski definition) is 3. The average molecular weight is 277 g/mol. The first kappa shape index (κ1) is 16.3. The molecule has 4 nitrogen and oxygen atoms in total. The molecular weight excluding hydrogens is 250 g/mol. The molecule has 0 heterocycles. The molecule has 20 heavy (non-hydrogen) atoms. The fraction of sp³-hybridized carbons (Fsp3) is 0.562. The van der Waals surface area contributed by atoms with Crippen molar-refractivity contribution in [1.82, 2.24) is 5.32 Å². The number of anilines is 2. The Morgan fingerprint density at radius 2 is 2.10 bits per heavy atom. The summed E-state index contributed by atoms with van der Waals surface area (Å²) in [5.74, 6) is -0.0779. The van der Waals surface area contributed by atoms with E-state index in [0.717, 1.165) is 37.2 Å². The van der Waals surface area contributed by atoms with Gasteiger partial charge in [0.05, 0.1) is 11.4 Å². The molecule has 1 aromatic rings. The number of benzene rings is 1. The molecule has 3 N–H and O–H groups in total. The second-order valence-electron chi connectivity index (χ2n) is 5.16. The summed E-state index contributed by atoms with van der Waals surface area (Å²) in [6.45, 7) is 7.51. The van der Waals surface area contributed by atoms with Gasteiger partial charge in [-0.1, -0.05) is 20.3 Å². The van der Waals surface area contributed by atoms with Crippen molar-refractivity contribution >= 4 is 17.3 Å². The molecule has 0 saturated carbocycles. The van der Waals surface area contributed by atoms with Crippen LogP contribution in [0.25, 0.3) is 0 Å². The zero-order valence-electron chi connectivity index (χ0n) is 13.1. The summed E-state index contributed by atoms with van der Waals surface area (Å²) in [5.41, 5.74) is 8.47. The van der Waals surface area contributed by atoms with Crippen molar-refractivity contribution in [3.8, 4) is 0 Å². The van der Waals surface area contributed by atoms with Crippen LogP contribution < -0.4 is 16.0 Å². The zero-order valence-corrected chi connectivity index (χ0v) is 13.1. The zero-order chi connectivity index (χ0) is 15.1. The van der Waals surface area contributed by atoms with Gasteiger partial charge >= 0.3 is 0 Å². The quantitative estimate of drug-likeness (QED) is 0.753. The number of rotatable bonds is 7. The third-order valence-electron chi connectivity index (χ3n) is 3.70. The Hall–Kier alpha value is -1.71. The molecule has 0 radical (unpaired) electrons. The summed E-state index contributed by atoms with van der Waals surface area (Å²) >= 11 is 0. The van der Waals surface area contributed by atoms with Gasteiger partial charge in [0, 0.05) is 25.2 Å². The van der Waals surface area contributed by atoms with Crippen LogP contribution in [0.2, 0.25) is 0 Å². The molecule has 0 bridgehead atoms. The van der Waals surface area contributed by atoms with E-state index in [2.05, 4.69) is 31.0 Å². The third kappa shape index (κ3) is 3.89. The van der Waals surface area contributed by atoms with E-state index in [9.17, 15) is 4.79 Å². The largest absolute Gasteiger partial charge is 0.397 e. The van der Waals surface area contributed by atoms with E-state index in [1.165, 1.54) is 0 Å². The van der Waals surface area contributed by atoms with E-state index in [0.29, 0.717) is 11.6 Å². The van der Waals surface area contributed by atoms with Gasteiger partial charge < -0.3 is 16.0 Å². The smallest absolute Gasteiger partial charge is 0.251 e. The minimum Gasteiger partial charge on any atom is -0.397 e. The first-order valence-corrected chi connectivity index (χ1v) is 7.43. The Morgan fingerprint density at radius 3 is 2.65 bits per heavy atom. The predicted molar refractivity (Wildman–Crippen MR) is 86.3 cm³/mol. The number of nitrogens with zero attached hydrogens (tertiary/aromatic N) is 1. The molecule has 0 aliphatic heterocycles. The summed E-state index contributed by atoms with van der Waals surface area (Å²) < 4.78 is 0. The molecule has 1 unspecified atom stereocenters. The first-order valence-electron chi connectivity index (χ1n) is 7.43. The molecule has 0 aliphatic carbocycles. The van der Waals surface area contributed by atoms with E-state index in [1.807, 2.05) is 12.1 Å². The lowest BCUT2D eigenvalue weighted by Crippen LogP contribution is -2.34. The summed E-state index contributed by atoms with van der Waals surface area (Å²) in [6.07, 6.45) is 3.31. The van der Waals surface area contributed by atoms with E-state index in [4.69, 9.17) is 5.73 Å². The van der Waals surface area contributed by atoms with Gasteiger partial charge in [0.1, 0.15) is 0 Å². The second-order valence-corrected chi connectivity index (χ2v) is 5.16. The number of nitrogens with one attached hydrogen (secondary N) is 1. The molecule has 0 fully saturated rings. The minimum atomic E-state index is -0.0779. The van der Waals surface area contributed by atoms with E-state index in [-0.39, 0.29) is 5.91 Å². The Bertz CT molecular complexity index is 445. The number of unbranched alkanes of at least 4 members (excludes halogenated alkanes) is 1. The molecular formula is C16H27N3O. The van der Waals surface area contributed by atoms with Crippen LogP contribution in [-0.2, 0) is 0 Å². The minimum absolute atomic E-state index is 0.0779. The number of nitrogen functional groups attached to an aromatic ring is 1. The topological polar surface area (TPSA) is 58.4 Å². The molecule has 4 heteroatoms. The van der Waals surface area contributed by atoms with Crippen LogP contribution in [0.1, 0.15) is 50.4 Å². The van der Waals surface area contributed by atoms with Crippen LogP contribution in [0.5, 0.6) is 0 Å². The van der Waals surface area contributed by atoms with E-state index < -0.39 is 0 Å². The maximum atomic E-state index is 11.8. The Balaban J connectivity index is 3.13. The van der Waals surface area contributed by atoms with Gasteiger partial charge in [-0.2, -0.15) is 0 Å². The fourth-order valence-electron chi connectivity index (χ4n) is 2.21. The van der Waals surface area contributed by atoms with Crippen molar-refractivity contribution in [2.24, 2.45) is 0 Å². The summed E-state index contributed by atoms with van der Waals surface area (Å²) in [4.78, 5) is 14.1. The van der Waals surface area contributed by atoms with Gasteiger partial charge in [0.2, 0.25) is 0 Å². The van der Waals surface area contributed by atoms with E-state index in [1.54, 1.807) is 13.1 Å². The second kappa shape index (κ2) is 7.78. The van der Waals surface area contributed by atoms with Crippen LogP contribution in [0, 0.1) is 0 Å². The van der Waals surface area contributed by atoms with Gasteiger partial charge in [-0.3, -0.25) is 4.79 Å². The highest BCUT2D eigenvalue weighted by molar-refractivity contribution is 5.96. The summed E-state index contributed by atoms with van der Waals surface area (Å²) in [6, 6.07) is 5.90. The highest BCUT2D eigenvalue weighted by atomic mass is 16.1. The normalized spacial score (nSPS) is 12.0. The van der Waals surface area contributed by atoms with E-state index >= 15 is 0 Å². The average Bonchev–Trinajstić information content (AvgIpc) is 2.47. The van der Waals surface area contributed by atoms with Crippen LogP contribution in [0.4, 0.5) is 11.4 Å². The maximum absolute atomic E-state index is 11.8. The molecule has 112 valence electrons. The fourth-order valence-corrected chi connectivity index (χ4v) is 2.21. The van der Waals surface area contributed by atoms with Crippen LogP contribution >= 0.6 is 0 Å². The van der Waals surface area contributed by atoms with Crippen molar-refractivity contribution in [3.63, 3.8) is 0 Å². The highest BCUT2D eigenvalue weighted by Crippen LogP contribution is 2.27. The predicted octanol–water partition coefficient (Wildman–Crippen LogP) is 3.03. The molecule has 1 amide bonds. The lowest BCUT2D eigenvalue weighted by molar-refractivity contribution is 0.0963. The Kier molecular flexibility index (Phi) is 6.36. The third-order valence-corrected chi connectivity index (χ3v) is 3.70. The maximum Gasteiger partial charge on any atom is 0.251 e. The monoisotopic (exact) mass is 277 g/mol. The van der Waals surface area contributed by atoms with Gasteiger partial charge in [0.15, 0.2) is 0 Å². The molecule has 1 rings (SSSR count). The van der Waals surface area contributed by atoms with Crippen molar-refractivity contribution in [1.29, 1.82) is 0 Å². The van der Waals surface area contributed by atoms with Crippen molar-refractivity contribution < 1.29 is 4.79 Å². The number of carbonyl (C=O) groups excluding carboxylic acids is 1. The van der Waals surface area contributed by atoms with Crippen molar-refractivity contribution in [2.75, 3.05) is 24.2 Å². The van der Waals surface area contributed by atoms with Crippen LogP contribution in [-0.4, -0.2) is 25.5 Å². The van der Waals surface area contributed by atoms with Crippen LogP contribution in [0.3, 0.4) is 0 Å². The van der Waals surface area contributed by atoms with Crippen molar-refractivity contribution in [3.05, 3.63) is 23.8 Å². The first-order chi connectivity index (χ1) is 9.54.